The summed E-state index contributed by atoms with van der Waals surface area (Å²) in [6.07, 6.45) is 3.37. The molecule has 0 spiro atoms. The second kappa shape index (κ2) is 5.55. The van der Waals surface area contributed by atoms with Gasteiger partial charge in [-0.05, 0) is 32.0 Å². The lowest BCUT2D eigenvalue weighted by atomic mass is 10.1. The molecule has 2 aromatic rings. The number of nitrogens with one attached hydrogen (secondary N) is 1. The van der Waals surface area contributed by atoms with Gasteiger partial charge in [0.05, 0.1) is 17.4 Å². The smallest absolute Gasteiger partial charge is 0.0835 e. The van der Waals surface area contributed by atoms with E-state index in [1.807, 2.05) is 26.0 Å². The van der Waals surface area contributed by atoms with Crippen LogP contribution >= 0.6 is 23.2 Å². The van der Waals surface area contributed by atoms with Gasteiger partial charge < -0.3 is 5.32 Å². The lowest BCUT2D eigenvalue weighted by Crippen LogP contribution is -2.10. The Hall–Kier alpha value is -1.32. The molecule has 2 rings (SSSR count). The van der Waals surface area contributed by atoms with Crippen LogP contribution in [0.25, 0.3) is 0 Å². The molecule has 0 saturated heterocycles. The number of halogens is 2. The van der Waals surface area contributed by atoms with Gasteiger partial charge in [0.25, 0.3) is 0 Å². The Kier molecular flexibility index (Phi) is 4.04. The van der Waals surface area contributed by atoms with Gasteiger partial charge in [0.2, 0.25) is 0 Å². The van der Waals surface area contributed by atoms with Gasteiger partial charge in [0, 0.05) is 28.1 Å². The van der Waals surface area contributed by atoms with Crippen molar-refractivity contribution in [3.63, 3.8) is 0 Å². The fourth-order valence-corrected chi connectivity index (χ4v) is 2.33. The second-order valence-corrected chi connectivity index (χ2v) is 4.92. The molecule has 0 bridgehead atoms. The van der Waals surface area contributed by atoms with Gasteiger partial charge >= 0.3 is 0 Å². The highest BCUT2D eigenvalue weighted by molar-refractivity contribution is 6.35. The third-order valence-corrected chi connectivity index (χ3v) is 3.01. The van der Waals surface area contributed by atoms with Gasteiger partial charge in [0.1, 0.15) is 0 Å². The third-order valence-electron chi connectivity index (χ3n) is 2.58. The Morgan fingerprint density at radius 1 is 1.06 bits per heavy atom. The minimum Gasteiger partial charge on any atom is -0.377 e. The number of aromatic nitrogens is 2. The number of hydrogen-bond donors (Lipinski definition) is 1. The first-order chi connectivity index (χ1) is 8.56. The van der Waals surface area contributed by atoms with Crippen molar-refractivity contribution in [3.05, 3.63) is 52.0 Å². The molecule has 0 aliphatic carbocycles. The molecule has 0 amide bonds. The van der Waals surface area contributed by atoms with Crippen molar-refractivity contribution in [2.24, 2.45) is 0 Å². The predicted molar refractivity (Wildman–Crippen MR) is 75.3 cm³/mol. The molecule has 1 heterocycles. The molecule has 94 valence electrons. The predicted octanol–water partition coefficient (Wildman–Crippen LogP) is 4.26. The number of benzene rings is 1. The van der Waals surface area contributed by atoms with E-state index in [0.29, 0.717) is 10.0 Å². The Morgan fingerprint density at radius 3 is 2.28 bits per heavy atom. The number of rotatable bonds is 3. The molecular weight excluding hydrogens is 269 g/mol. The average molecular weight is 282 g/mol. The van der Waals surface area contributed by atoms with E-state index in [0.717, 1.165) is 17.1 Å². The van der Waals surface area contributed by atoms with Crippen molar-refractivity contribution >= 4 is 28.9 Å². The zero-order valence-corrected chi connectivity index (χ0v) is 11.6. The van der Waals surface area contributed by atoms with Crippen LogP contribution in [0.4, 0.5) is 5.69 Å². The van der Waals surface area contributed by atoms with Crippen molar-refractivity contribution in [2.75, 3.05) is 5.32 Å². The van der Waals surface area contributed by atoms with Gasteiger partial charge in [0.15, 0.2) is 0 Å². The van der Waals surface area contributed by atoms with E-state index in [1.54, 1.807) is 18.5 Å². The van der Waals surface area contributed by atoms with Gasteiger partial charge in [-0.3, -0.25) is 9.97 Å². The first kappa shape index (κ1) is 13.1. The van der Waals surface area contributed by atoms with Crippen LogP contribution < -0.4 is 5.32 Å². The lowest BCUT2D eigenvalue weighted by Gasteiger charge is -2.16. The molecule has 18 heavy (non-hydrogen) atoms. The van der Waals surface area contributed by atoms with Gasteiger partial charge in [-0.15, -0.1) is 0 Å². The van der Waals surface area contributed by atoms with Crippen molar-refractivity contribution in [1.29, 1.82) is 0 Å². The first-order valence-corrected chi connectivity index (χ1v) is 6.32. The van der Waals surface area contributed by atoms with Gasteiger partial charge in [-0.25, -0.2) is 0 Å². The largest absolute Gasteiger partial charge is 0.377 e. The lowest BCUT2D eigenvalue weighted by molar-refractivity contribution is 0.810. The maximum Gasteiger partial charge on any atom is 0.0835 e. The second-order valence-electron chi connectivity index (χ2n) is 4.05. The molecule has 3 nitrogen and oxygen atoms in total. The summed E-state index contributed by atoms with van der Waals surface area (Å²) in [5.41, 5.74) is 2.68. The monoisotopic (exact) mass is 281 g/mol. The molecule has 0 aliphatic heterocycles. The molecule has 0 fully saturated rings. The minimum atomic E-state index is 0.0354. The molecule has 0 aliphatic rings. The minimum absolute atomic E-state index is 0.0354. The normalized spacial score (nSPS) is 12.2. The SMILES string of the molecule is Cc1nccnc1C(C)Nc1cc(Cl)cc(Cl)c1. The van der Waals surface area contributed by atoms with Crippen molar-refractivity contribution in [2.45, 2.75) is 19.9 Å². The standard InChI is InChI=1S/C13H13Cl2N3/c1-8-13(17-4-3-16-8)9(2)18-12-6-10(14)5-11(15)7-12/h3-7,9,18H,1-2H3. The van der Waals surface area contributed by atoms with Crippen LogP contribution in [0.5, 0.6) is 0 Å². The molecule has 1 aromatic heterocycles. The molecule has 1 unspecified atom stereocenters. The fraction of sp³-hybridized carbons (Fsp3) is 0.231. The summed E-state index contributed by atoms with van der Waals surface area (Å²) in [6, 6.07) is 5.39. The summed E-state index contributed by atoms with van der Waals surface area (Å²) in [7, 11) is 0. The Balaban J connectivity index is 2.21. The van der Waals surface area contributed by atoms with Crippen LogP contribution in [0.2, 0.25) is 10.0 Å². The van der Waals surface area contributed by atoms with Crippen LogP contribution in [0, 0.1) is 6.92 Å². The number of nitrogens with zero attached hydrogens (tertiary/aromatic N) is 2. The molecule has 1 N–H and O–H groups in total. The highest BCUT2D eigenvalue weighted by atomic mass is 35.5. The van der Waals surface area contributed by atoms with Crippen LogP contribution in [0.1, 0.15) is 24.4 Å². The summed E-state index contributed by atoms with van der Waals surface area (Å²) in [6.45, 7) is 3.96. The van der Waals surface area contributed by atoms with Gasteiger partial charge in [-0.2, -0.15) is 0 Å². The number of hydrogen-bond acceptors (Lipinski definition) is 3. The van der Waals surface area contributed by atoms with E-state index in [4.69, 9.17) is 23.2 Å². The van der Waals surface area contributed by atoms with E-state index in [2.05, 4.69) is 15.3 Å². The molecule has 1 atom stereocenters. The van der Waals surface area contributed by atoms with Crippen LogP contribution in [-0.2, 0) is 0 Å². The highest BCUT2D eigenvalue weighted by Crippen LogP contribution is 2.25. The Morgan fingerprint density at radius 2 is 1.67 bits per heavy atom. The maximum absolute atomic E-state index is 5.96. The molecule has 0 saturated carbocycles. The summed E-state index contributed by atoms with van der Waals surface area (Å²) in [4.78, 5) is 8.55. The topological polar surface area (TPSA) is 37.8 Å². The molecule has 5 heteroatoms. The zero-order chi connectivity index (χ0) is 13.1. The Labute approximate surface area is 116 Å². The fourth-order valence-electron chi connectivity index (χ4n) is 1.80. The summed E-state index contributed by atoms with van der Waals surface area (Å²) >= 11 is 11.9. The summed E-state index contributed by atoms with van der Waals surface area (Å²) in [5, 5.41) is 4.52. The molecule has 1 aromatic carbocycles. The number of aryl methyl sites for hydroxylation is 1. The van der Waals surface area contributed by atoms with Crippen LogP contribution in [0.3, 0.4) is 0 Å². The molecular formula is C13H13Cl2N3. The van der Waals surface area contributed by atoms with Crippen LogP contribution in [-0.4, -0.2) is 9.97 Å². The van der Waals surface area contributed by atoms with Crippen molar-refractivity contribution in [3.8, 4) is 0 Å². The number of anilines is 1. The average Bonchev–Trinajstić information content (AvgIpc) is 2.27. The van der Waals surface area contributed by atoms with Crippen molar-refractivity contribution in [1.82, 2.24) is 9.97 Å². The summed E-state index contributed by atoms with van der Waals surface area (Å²) in [5.74, 6) is 0. The zero-order valence-electron chi connectivity index (χ0n) is 10.1. The van der Waals surface area contributed by atoms with E-state index < -0.39 is 0 Å². The van der Waals surface area contributed by atoms with Gasteiger partial charge in [-0.1, -0.05) is 23.2 Å². The third kappa shape index (κ3) is 3.12. The molecule has 0 radical (unpaired) electrons. The van der Waals surface area contributed by atoms with E-state index in [1.165, 1.54) is 0 Å². The first-order valence-electron chi connectivity index (χ1n) is 5.56. The quantitative estimate of drug-likeness (QED) is 0.913. The Bertz CT molecular complexity index is 537. The van der Waals surface area contributed by atoms with E-state index in [-0.39, 0.29) is 6.04 Å². The summed E-state index contributed by atoms with van der Waals surface area (Å²) < 4.78 is 0. The van der Waals surface area contributed by atoms with Crippen molar-refractivity contribution < 1.29 is 0 Å². The maximum atomic E-state index is 5.96. The van der Waals surface area contributed by atoms with E-state index in [9.17, 15) is 0 Å². The van der Waals surface area contributed by atoms with Crippen LogP contribution in [0.15, 0.2) is 30.6 Å². The highest BCUT2D eigenvalue weighted by Gasteiger charge is 2.10. The van der Waals surface area contributed by atoms with E-state index >= 15 is 0 Å².